The van der Waals surface area contributed by atoms with Gasteiger partial charge in [-0.2, -0.15) is 4.98 Å². The van der Waals surface area contributed by atoms with Gasteiger partial charge in [0.1, 0.15) is 5.82 Å². The third-order valence-corrected chi connectivity index (χ3v) is 5.88. The van der Waals surface area contributed by atoms with Crippen LogP contribution in [-0.2, 0) is 22.5 Å². The zero-order valence-corrected chi connectivity index (χ0v) is 18.0. The molecular weight excluding hydrogens is 408 g/mol. The van der Waals surface area contributed by atoms with E-state index in [2.05, 4.69) is 15.6 Å². The predicted octanol–water partition coefficient (Wildman–Crippen LogP) is 3.37. The van der Waals surface area contributed by atoms with Crippen LogP contribution in [0.3, 0.4) is 0 Å². The lowest BCUT2D eigenvalue weighted by atomic mass is 10.1. The second-order valence-corrected chi connectivity index (χ2v) is 8.10. The molecule has 5 rings (SSSR count). The Bertz CT molecular complexity index is 1080. The summed E-state index contributed by atoms with van der Waals surface area (Å²) in [5, 5.41) is 6.76. The maximum atomic E-state index is 11.9. The highest BCUT2D eigenvalue weighted by atomic mass is 16.5. The number of aromatic nitrogens is 3. The van der Waals surface area contributed by atoms with Crippen molar-refractivity contribution in [2.75, 3.05) is 30.3 Å². The zero-order chi connectivity index (χ0) is 21.9. The van der Waals surface area contributed by atoms with Crippen molar-refractivity contribution in [1.82, 2.24) is 19.9 Å². The SMILES string of the molecule is CC(=O)N1CCc2nc(Nc3ccc(-c4cnco4)cc3)nc(NCC3CCCO3)c2C1. The number of fused-ring (bicyclic) bond motifs is 1. The number of benzene rings is 1. The van der Waals surface area contributed by atoms with E-state index < -0.39 is 0 Å². The van der Waals surface area contributed by atoms with Gasteiger partial charge in [0.2, 0.25) is 11.9 Å². The Labute approximate surface area is 186 Å². The molecular formula is C23H26N6O3. The number of nitrogens with one attached hydrogen (secondary N) is 2. The molecule has 0 saturated carbocycles. The first kappa shape index (κ1) is 20.4. The van der Waals surface area contributed by atoms with Crippen LogP contribution in [0.15, 0.2) is 41.3 Å². The summed E-state index contributed by atoms with van der Waals surface area (Å²) >= 11 is 0. The van der Waals surface area contributed by atoms with E-state index in [-0.39, 0.29) is 12.0 Å². The highest BCUT2D eigenvalue weighted by Crippen LogP contribution is 2.28. The number of carbonyl (C=O) groups is 1. The van der Waals surface area contributed by atoms with Gasteiger partial charge in [0.05, 0.1) is 24.5 Å². The van der Waals surface area contributed by atoms with Gasteiger partial charge in [0, 0.05) is 49.9 Å². The molecule has 0 aliphatic carbocycles. The summed E-state index contributed by atoms with van der Waals surface area (Å²) in [4.78, 5) is 27.2. The van der Waals surface area contributed by atoms with Crippen LogP contribution in [0, 0.1) is 0 Å². The van der Waals surface area contributed by atoms with Crippen molar-refractivity contribution < 1.29 is 13.9 Å². The van der Waals surface area contributed by atoms with E-state index >= 15 is 0 Å². The summed E-state index contributed by atoms with van der Waals surface area (Å²) in [6.07, 6.45) is 6.12. The van der Waals surface area contributed by atoms with E-state index in [1.807, 2.05) is 29.2 Å². The van der Waals surface area contributed by atoms with Crippen molar-refractivity contribution in [3.8, 4) is 11.3 Å². The Balaban J connectivity index is 1.38. The maximum Gasteiger partial charge on any atom is 0.229 e. The van der Waals surface area contributed by atoms with Crippen LogP contribution in [0.1, 0.15) is 31.0 Å². The number of amides is 1. The molecule has 1 fully saturated rings. The topological polar surface area (TPSA) is 105 Å². The van der Waals surface area contributed by atoms with Crippen molar-refractivity contribution in [3.05, 3.63) is 48.1 Å². The first-order valence-electron chi connectivity index (χ1n) is 10.9. The van der Waals surface area contributed by atoms with Gasteiger partial charge in [-0.15, -0.1) is 0 Å². The molecule has 4 heterocycles. The van der Waals surface area contributed by atoms with E-state index in [4.69, 9.17) is 19.1 Å². The number of rotatable bonds is 6. The van der Waals surface area contributed by atoms with Crippen molar-refractivity contribution >= 4 is 23.4 Å². The molecule has 2 aliphatic rings. The molecule has 0 bridgehead atoms. The third-order valence-electron chi connectivity index (χ3n) is 5.88. The lowest BCUT2D eigenvalue weighted by molar-refractivity contribution is -0.129. The molecule has 32 heavy (non-hydrogen) atoms. The number of hydrogen-bond acceptors (Lipinski definition) is 8. The summed E-state index contributed by atoms with van der Waals surface area (Å²) in [6, 6.07) is 7.83. The minimum atomic E-state index is 0.0646. The van der Waals surface area contributed by atoms with Gasteiger partial charge in [-0.1, -0.05) is 0 Å². The van der Waals surface area contributed by atoms with E-state index in [0.29, 0.717) is 32.0 Å². The first-order valence-corrected chi connectivity index (χ1v) is 10.9. The Kier molecular flexibility index (Phi) is 5.72. The van der Waals surface area contributed by atoms with Crippen LogP contribution in [0.2, 0.25) is 0 Å². The summed E-state index contributed by atoms with van der Waals surface area (Å²) in [5.41, 5.74) is 3.77. The Morgan fingerprint density at radius 1 is 1.25 bits per heavy atom. The minimum Gasteiger partial charge on any atom is -0.444 e. The fraction of sp³-hybridized carbons (Fsp3) is 0.391. The fourth-order valence-corrected chi connectivity index (χ4v) is 4.11. The van der Waals surface area contributed by atoms with Gasteiger partial charge in [-0.3, -0.25) is 4.79 Å². The van der Waals surface area contributed by atoms with Crippen molar-refractivity contribution in [2.45, 2.75) is 38.8 Å². The lowest BCUT2D eigenvalue weighted by Gasteiger charge is -2.29. The van der Waals surface area contributed by atoms with E-state index in [0.717, 1.165) is 53.5 Å². The van der Waals surface area contributed by atoms with Crippen LogP contribution in [0.25, 0.3) is 11.3 Å². The molecule has 2 aromatic heterocycles. The van der Waals surface area contributed by atoms with Crippen LogP contribution >= 0.6 is 0 Å². The Morgan fingerprint density at radius 2 is 2.12 bits per heavy atom. The van der Waals surface area contributed by atoms with Crippen LogP contribution in [0.4, 0.5) is 17.5 Å². The van der Waals surface area contributed by atoms with Gasteiger partial charge in [0.25, 0.3) is 0 Å². The first-order chi connectivity index (χ1) is 15.7. The van der Waals surface area contributed by atoms with Gasteiger partial charge in [-0.25, -0.2) is 9.97 Å². The molecule has 9 nitrogen and oxygen atoms in total. The number of ether oxygens (including phenoxy) is 1. The normalized spacial score (nSPS) is 17.8. The summed E-state index contributed by atoms with van der Waals surface area (Å²) in [7, 11) is 0. The van der Waals surface area contributed by atoms with Crippen molar-refractivity contribution in [2.24, 2.45) is 0 Å². The second-order valence-electron chi connectivity index (χ2n) is 8.10. The molecule has 2 N–H and O–H groups in total. The van der Waals surface area contributed by atoms with Gasteiger partial charge in [-0.05, 0) is 37.1 Å². The third kappa shape index (κ3) is 4.43. The zero-order valence-electron chi connectivity index (χ0n) is 18.0. The van der Waals surface area contributed by atoms with Crippen LogP contribution in [0.5, 0.6) is 0 Å². The molecule has 9 heteroatoms. The van der Waals surface area contributed by atoms with Crippen LogP contribution in [-0.4, -0.2) is 51.6 Å². The molecule has 1 saturated heterocycles. The highest BCUT2D eigenvalue weighted by molar-refractivity contribution is 5.74. The van der Waals surface area contributed by atoms with Crippen molar-refractivity contribution in [1.29, 1.82) is 0 Å². The number of anilines is 3. The number of carbonyl (C=O) groups excluding carboxylic acids is 1. The molecule has 166 valence electrons. The molecule has 1 atom stereocenters. The number of hydrogen-bond donors (Lipinski definition) is 2. The number of oxazole rings is 1. The van der Waals surface area contributed by atoms with E-state index in [9.17, 15) is 4.79 Å². The van der Waals surface area contributed by atoms with Gasteiger partial charge >= 0.3 is 0 Å². The van der Waals surface area contributed by atoms with Gasteiger partial charge in [0.15, 0.2) is 12.2 Å². The fourth-order valence-electron chi connectivity index (χ4n) is 4.11. The minimum absolute atomic E-state index is 0.0646. The van der Waals surface area contributed by atoms with Gasteiger partial charge < -0.3 is 24.7 Å². The molecule has 1 amide bonds. The monoisotopic (exact) mass is 434 g/mol. The summed E-state index contributed by atoms with van der Waals surface area (Å²) in [5.74, 6) is 2.08. The lowest BCUT2D eigenvalue weighted by Crippen LogP contribution is -2.35. The molecule has 1 aromatic carbocycles. The average molecular weight is 435 g/mol. The Hall–Kier alpha value is -3.46. The molecule has 0 radical (unpaired) electrons. The Morgan fingerprint density at radius 3 is 2.84 bits per heavy atom. The maximum absolute atomic E-state index is 11.9. The molecule has 2 aliphatic heterocycles. The average Bonchev–Trinajstić information content (AvgIpc) is 3.52. The quantitative estimate of drug-likeness (QED) is 0.608. The predicted molar refractivity (Wildman–Crippen MR) is 120 cm³/mol. The largest absolute Gasteiger partial charge is 0.444 e. The van der Waals surface area contributed by atoms with E-state index in [1.54, 1.807) is 13.1 Å². The summed E-state index contributed by atoms with van der Waals surface area (Å²) in [6.45, 7) is 4.28. The molecule has 0 spiro atoms. The smallest absolute Gasteiger partial charge is 0.229 e. The van der Waals surface area contributed by atoms with Crippen LogP contribution < -0.4 is 10.6 Å². The number of nitrogens with zero attached hydrogens (tertiary/aromatic N) is 4. The standard InChI is InChI=1S/C23H26N6O3/c1-15(30)29-9-8-20-19(13-29)22(25-11-18-3-2-10-31-18)28-23(27-20)26-17-6-4-16(5-7-17)21-12-24-14-32-21/h4-7,12,14,18H,2-3,8-11,13H2,1H3,(H2,25,26,27,28). The molecule has 3 aromatic rings. The highest BCUT2D eigenvalue weighted by Gasteiger charge is 2.25. The molecule has 1 unspecified atom stereocenters. The van der Waals surface area contributed by atoms with E-state index in [1.165, 1.54) is 6.39 Å². The van der Waals surface area contributed by atoms with Crippen molar-refractivity contribution in [3.63, 3.8) is 0 Å². The second kappa shape index (κ2) is 8.96. The summed E-state index contributed by atoms with van der Waals surface area (Å²) < 4.78 is 11.1.